The van der Waals surface area contributed by atoms with Crippen LogP contribution in [0, 0.1) is 0 Å². The summed E-state index contributed by atoms with van der Waals surface area (Å²) in [6.07, 6.45) is -3.73. The Morgan fingerprint density at radius 1 is 1.11 bits per heavy atom. The molecule has 94 valence electrons. The molecule has 18 heavy (non-hydrogen) atoms. The third kappa shape index (κ3) is 2.22. The van der Waals surface area contributed by atoms with E-state index in [2.05, 4.69) is 4.98 Å². The predicted octanol–water partition coefficient (Wildman–Crippen LogP) is 3.06. The molecule has 0 atom stereocenters. The highest BCUT2D eigenvalue weighted by atomic mass is 19.4. The number of nitrogen functional groups attached to an aromatic ring is 1. The molecule has 0 amide bonds. The molecule has 2 rings (SSSR count). The molecule has 0 bridgehead atoms. The lowest BCUT2D eigenvalue weighted by Gasteiger charge is -2.09. The van der Waals surface area contributed by atoms with Crippen LogP contribution in [0.15, 0.2) is 36.5 Å². The Morgan fingerprint density at radius 3 is 2.33 bits per heavy atom. The zero-order valence-electron chi connectivity index (χ0n) is 9.07. The van der Waals surface area contributed by atoms with E-state index in [1.54, 1.807) is 0 Å². The van der Waals surface area contributed by atoms with Gasteiger partial charge in [0.05, 0.1) is 16.8 Å². The highest BCUT2D eigenvalue weighted by Gasteiger charge is 2.30. The maximum absolute atomic E-state index is 12.4. The summed E-state index contributed by atoms with van der Waals surface area (Å²) >= 11 is 0. The van der Waals surface area contributed by atoms with E-state index in [0.29, 0.717) is 6.20 Å². The first-order chi connectivity index (χ1) is 8.39. The van der Waals surface area contributed by atoms with Gasteiger partial charge in [0.15, 0.2) is 0 Å². The number of hydrogen-bond acceptors (Lipinski definition) is 3. The number of nitrogens with zero attached hydrogens (tertiary/aromatic N) is 1. The standard InChI is InChI=1S/C12H9F3N2O/c13-12(14,15)7-4-5-9(17-6-7)11-8(16)2-1-3-10(11)18/h1-6,18H,16H2. The summed E-state index contributed by atoms with van der Waals surface area (Å²) in [6.45, 7) is 0. The zero-order valence-corrected chi connectivity index (χ0v) is 9.07. The molecule has 0 saturated carbocycles. The second-order valence-electron chi connectivity index (χ2n) is 3.67. The molecular formula is C12H9F3N2O. The maximum atomic E-state index is 12.4. The fourth-order valence-electron chi connectivity index (χ4n) is 1.55. The van der Waals surface area contributed by atoms with Gasteiger partial charge in [-0.2, -0.15) is 13.2 Å². The highest BCUT2D eigenvalue weighted by Crippen LogP contribution is 2.34. The summed E-state index contributed by atoms with van der Waals surface area (Å²) in [5.41, 5.74) is 5.48. The number of halogens is 3. The van der Waals surface area contributed by atoms with Crippen LogP contribution >= 0.6 is 0 Å². The van der Waals surface area contributed by atoms with Gasteiger partial charge in [-0.15, -0.1) is 0 Å². The minimum atomic E-state index is -4.43. The van der Waals surface area contributed by atoms with E-state index < -0.39 is 11.7 Å². The van der Waals surface area contributed by atoms with Crippen molar-refractivity contribution in [3.63, 3.8) is 0 Å². The van der Waals surface area contributed by atoms with Crippen LogP contribution in [0.3, 0.4) is 0 Å². The van der Waals surface area contributed by atoms with Crippen molar-refractivity contribution >= 4 is 5.69 Å². The molecular weight excluding hydrogens is 245 g/mol. The molecule has 1 aromatic carbocycles. The normalized spacial score (nSPS) is 11.5. The number of pyridine rings is 1. The number of hydrogen-bond donors (Lipinski definition) is 2. The van der Waals surface area contributed by atoms with Crippen molar-refractivity contribution in [2.24, 2.45) is 0 Å². The van der Waals surface area contributed by atoms with Crippen LogP contribution in [0.25, 0.3) is 11.3 Å². The molecule has 1 aromatic heterocycles. The average molecular weight is 254 g/mol. The quantitative estimate of drug-likeness (QED) is 0.769. The predicted molar refractivity (Wildman–Crippen MR) is 60.8 cm³/mol. The molecule has 0 fully saturated rings. The Labute approximate surface area is 101 Å². The Balaban J connectivity index is 2.47. The highest BCUT2D eigenvalue weighted by molar-refractivity contribution is 5.79. The van der Waals surface area contributed by atoms with Crippen LogP contribution in [0.4, 0.5) is 18.9 Å². The van der Waals surface area contributed by atoms with Crippen LogP contribution in [0.2, 0.25) is 0 Å². The molecule has 0 radical (unpaired) electrons. The molecule has 6 heteroatoms. The van der Waals surface area contributed by atoms with Crippen molar-refractivity contribution in [1.29, 1.82) is 0 Å². The lowest BCUT2D eigenvalue weighted by atomic mass is 10.1. The monoisotopic (exact) mass is 254 g/mol. The first kappa shape index (κ1) is 12.2. The van der Waals surface area contributed by atoms with Crippen LogP contribution in [-0.4, -0.2) is 10.1 Å². The molecule has 0 spiro atoms. The third-order valence-corrected chi connectivity index (χ3v) is 2.42. The number of anilines is 1. The Morgan fingerprint density at radius 2 is 1.83 bits per heavy atom. The Hall–Kier alpha value is -2.24. The smallest absolute Gasteiger partial charge is 0.417 e. The van der Waals surface area contributed by atoms with Gasteiger partial charge in [0, 0.05) is 11.9 Å². The number of aromatic nitrogens is 1. The zero-order chi connectivity index (χ0) is 13.3. The lowest BCUT2D eigenvalue weighted by molar-refractivity contribution is -0.137. The van der Waals surface area contributed by atoms with Crippen molar-refractivity contribution in [3.05, 3.63) is 42.1 Å². The van der Waals surface area contributed by atoms with E-state index in [1.807, 2.05) is 0 Å². The number of alkyl halides is 3. The van der Waals surface area contributed by atoms with Gasteiger partial charge in [0.1, 0.15) is 5.75 Å². The summed E-state index contributed by atoms with van der Waals surface area (Å²) < 4.78 is 37.1. The van der Waals surface area contributed by atoms with E-state index in [1.165, 1.54) is 24.3 Å². The van der Waals surface area contributed by atoms with Gasteiger partial charge in [-0.3, -0.25) is 4.98 Å². The van der Waals surface area contributed by atoms with E-state index in [-0.39, 0.29) is 22.7 Å². The molecule has 1 heterocycles. The summed E-state index contributed by atoms with van der Waals surface area (Å²) in [7, 11) is 0. The van der Waals surface area contributed by atoms with Crippen molar-refractivity contribution in [2.75, 3.05) is 5.73 Å². The van der Waals surface area contributed by atoms with Crippen LogP contribution in [-0.2, 0) is 6.18 Å². The largest absolute Gasteiger partial charge is 0.507 e. The minimum Gasteiger partial charge on any atom is -0.507 e. The van der Waals surface area contributed by atoms with E-state index >= 15 is 0 Å². The first-order valence-electron chi connectivity index (χ1n) is 5.00. The minimum absolute atomic E-state index is 0.123. The van der Waals surface area contributed by atoms with Gasteiger partial charge in [0.25, 0.3) is 0 Å². The van der Waals surface area contributed by atoms with Gasteiger partial charge in [-0.1, -0.05) is 6.07 Å². The number of benzene rings is 1. The molecule has 3 N–H and O–H groups in total. The van der Waals surface area contributed by atoms with Gasteiger partial charge in [-0.25, -0.2) is 0 Å². The van der Waals surface area contributed by atoms with Crippen LogP contribution in [0.1, 0.15) is 5.56 Å². The Bertz CT molecular complexity index is 544. The number of nitrogens with two attached hydrogens (primary N) is 1. The number of phenolic OH excluding ortho intramolecular Hbond substituents is 1. The second kappa shape index (κ2) is 4.21. The van der Waals surface area contributed by atoms with Crippen molar-refractivity contribution < 1.29 is 18.3 Å². The van der Waals surface area contributed by atoms with E-state index in [0.717, 1.165) is 6.07 Å². The average Bonchev–Trinajstić information content (AvgIpc) is 2.28. The molecule has 0 aliphatic heterocycles. The van der Waals surface area contributed by atoms with Crippen molar-refractivity contribution in [2.45, 2.75) is 6.18 Å². The maximum Gasteiger partial charge on any atom is 0.417 e. The van der Waals surface area contributed by atoms with Crippen molar-refractivity contribution in [3.8, 4) is 17.0 Å². The fourth-order valence-corrected chi connectivity index (χ4v) is 1.55. The molecule has 0 aliphatic rings. The molecule has 0 unspecified atom stereocenters. The Kier molecular flexibility index (Phi) is 2.86. The topological polar surface area (TPSA) is 59.1 Å². The van der Waals surface area contributed by atoms with Gasteiger partial charge in [0.2, 0.25) is 0 Å². The molecule has 0 saturated heterocycles. The van der Waals surface area contributed by atoms with Crippen LogP contribution in [0.5, 0.6) is 5.75 Å². The molecule has 2 aromatic rings. The van der Waals surface area contributed by atoms with Gasteiger partial charge in [-0.05, 0) is 24.3 Å². The lowest BCUT2D eigenvalue weighted by Crippen LogP contribution is -2.05. The number of aromatic hydroxyl groups is 1. The summed E-state index contributed by atoms with van der Waals surface area (Å²) in [4.78, 5) is 3.68. The second-order valence-corrected chi connectivity index (χ2v) is 3.67. The van der Waals surface area contributed by atoms with Crippen LogP contribution < -0.4 is 5.73 Å². The van der Waals surface area contributed by atoms with Crippen molar-refractivity contribution in [1.82, 2.24) is 4.98 Å². The van der Waals surface area contributed by atoms with E-state index in [9.17, 15) is 18.3 Å². The fraction of sp³-hybridized carbons (Fsp3) is 0.0833. The SMILES string of the molecule is Nc1cccc(O)c1-c1ccc(C(F)(F)F)cn1. The third-order valence-electron chi connectivity index (χ3n) is 2.42. The number of phenols is 1. The summed E-state index contributed by atoms with van der Waals surface area (Å²) in [6, 6.07) is 6.54. The van der Waals surface area contributed by atoms with Gasteiger partial charge < -0.3 is 10.8 Å². The van der Waals surface area contributed by atoms with E-state index in [4.69, 9.17) is 5.73 Å². The number of rotatable bonds is 1. The van der Waals surface area contributed by atoms with Gasteiger partial charge >= 0.3 is 6.18 Å². The first-order valence-corrected chi connectivity index (χ1v) is 5.00. The molecule has 0 aliphatic carbocycles. The molecule has 3 nitrogen and oxygen atoms in total. The summed E-state index contributed by atoms with van der Waals surface area (Å²) in [5, 5.41) is 9.63. The summed E-state index contributed by atoms with van der Waals surface area (Å²) in [5.74, 6) is -0.123.